The summed E-state index contributed by atoms with van der Waals surface area (Å²) in [7, 11) is 0. The third kappa shape index (κ3) is 4.04. The van der Waals surface area contributed by atoms with Crippen molar-refractivity contribution in [2.45, 2.75) is 49.9 Å². The van der Waals surface area contributed by atoms with Crippen molar-refractivity contribution in [2.75, 3.05) is 5.32 Å². The highest BCUT2D eigenvalue weighted by Crippen LogP contribution is 2.34. The number of halogens is 3. The maximum absolute atomic E-state index is 13.3. The van der Waals surface area contributed by atoms with Gasteiger partial charge in [0, 0.05) is 36.5 Å². The molecule has 2 aromatic rings. The topological polar surface area (TPSA) is 55.6 Å². The molecule has 0 aliphatic heterocycles. The first-order valence-electron chi connectivity index (χ1n) is 7.56. The highest BCUT2D eigenvalue weighted by molar-refractivity contribution is 9.08. The Morgan fingerprint density at radius 2 is 2.09 bits per heavy atom. The van der Waals surface area contributed by atoms with Crippen molar-refractivity contribution in [3.63, 3.8) is 0 Å². The smallest absolute Gasteiger partial charge is 0.252 e. The van der Waals surface area contributed by atoms with Crippen LogP contribution in [0.25, 0.3) is 5.95 Å². The van der Waals surface area contributed by atoms with Crippen LogP contribution >= 0.6 is 15.9 Å². The molecule has 3 rings (SSSR count). The Hall–Kier alpha value is -1.57. The van der Waals surface area contributed by atoms with Gasteiger partial charge >= 0.3 is 0 Å². The van der Waals surface area contributed by atoms with Gasteiger partial charge < -0.3 is 5.32 Å². The SMILES string of the molecule is Cc1ccn(-c2nc(CBr)cc(NC3CCC(F)(F)CC3)n2)n1. The lowest BCUT2D eigenvalue weighted by atomic mass is 9.92. The molecule has 1 aliphatic carbocycles. The molecule has 124 valence electrons. The van der Waals surface area contributed by atoms with Crippen LogP contribution in [-0.2, 0) is 5.33 Å². The highest BCUT2D eigenvalue weighted by Gasteiger charge is 2.34. The number of anilines is 1. The first-order valence-corrected chi connectivity index (χ1v) is 8.68. The third-order valence-corrected chi connectivity index (χ3v) is 4.48. The molecule has 1 fully saturated rings. The van der Waals surface area contributed by atoms with Crippen LogP contribution < -0.4 is 5.32 Å². The van der Waals surface area contributed by atoms with Crippen LogP contribution in [0.2, 0.25) is 0 Å². The average Bonchev–Trinajstić information content (AvgIpc) is 2.96. The normalized spacial score (nSPS) is 18.1. The lowest BCUT2D eigenvalue weighted by Gasteiger charge is -2.29. The number of hydrogen-bond donors (Lipinski definition) is 1. The summed E-state index contributed by atoms with van der Waals surface area (Å²) < 4.78 is 28.1. The molecule has 8 heteroatoms. The Labute approximate surface area is 141 Å². The van der Waals surface area contributed by atoms with Crippen molar-refractivity contribution in [2.24, 2.45) is 0 Å². The third-order valence-electron chi connectivity index (χ3n) is 3.90. The predicted molar refractivity (Wildman–Crippen MR) is 87.3 cm³/mol. The number of nitrogens with zero attached hydrogens (tertiary/aromatic N) is 4. The molecule has 0 amide bonds. The molecule has 0 atom stereocenters. The van der Waals surface area contributed by atoms with E-state index in [1.807, 2.05) is 19.1 Å². The quantitative estimate of drug-likeness (QED) is 0.811. The second-order valence-corrected chi connectivity index (χ2v) is 6.42. The molecule has 1 aliphatic rings. The van der Waals surface area contributed by atoms with E-state index in [0.717, 1.165) is 11.4 Å². The van der Waals surface area contributed by atoms with E-state index >= 15 is 0 Å². The second kappa shape index (κ2) is 6.51. The van der Waals surface area contributed by atoms with Crippen molar-refractivity contribution in [3.8, 4) is 5.95 Å². The molecule has 0 saturated heterocycles. The van der Waals surface area contributed by atoms with Crippen molar-refractivity contribution in [1.82, 2.24) is 19.7 Å². The molecule has 1 saturated carbocycles. The molecule has 5 nitrogen and oxygen atoms in total. The summed E-state index contributed by atoms with van der Waals surface area (Å²) in [5, 5.41) is 8.16. The molecule has 1 N–H and O–H groups in total. The summed E-state index contributed by atoms with van der Waals surface area (Å²) in [4.78, 5) is 8.90. The van der Waals surface area contributed by atoms with E-state index in [9.17, 15) is 8.78 Å². The number of hydrogen-bond acceptors (Lipinski definition) is 4. The zero-order valence-electron chi connectivity index (χ0n) is 12.8. The first kappa shape index (κ1) is 16.3. The molecule has 0 spiro atoms. The van der Waals surface area contributed by atoms with E-state index in [4.69, 9.17) is 0 Å². The van der Waals surface area contributed by atoms with Crippen LogP contribution in [0.3, 0.4) is 0 Å². The van der Waals surface area contributed by atoms with Crippen molar-refractivity contribution < 1.29 is 8.78 Å². The maximum atomic E-state index is 13.3. The molecule has 0 unspecified atom stereocenters. The van der Waals surface area contributed by atoms with E-state index in [1.165, 1.54) is 0 Å². The largest absolute Gasteiger partial charge is 0.367 e. The van der Waals surface area contributed by atoms with Crippen molar-refractivity contribution in [3.05, 3.63) is 29.7 Å². The van der Waals surface area contributed by atoms with Gasteiger partial charge in [0.25, 0.3) is 5.95 Å². The van der Waals surface area contributed by atoms with Crippen LogP contribution in [0.5, 0.6) is 0 Å². The van der Waals surface area contributed by atoms with Crippen LogP contribution in [0.15, 0.2) is 18.3 Å². The fourth-order valence-electron chi connectivity index (χ4n) is 2.65. The van der Waals surface area contributed by atoms with E-state index in [2.05, 4.69) is 36.3 Å². The van der Waals surface area contributed by atoms with Crippen molar-refractivity contribution >= 4 is 21.7 Å². The van der Waals surface area contributed by atoms with Gasteiger partial charge in [-0.2, -0.15) is 10.1 Å². The second-order valence-electron chi connectivity index (χ2n) is 5.85. The summed E-state index contributed by atoms with van der Waals surface area (Å²) in [5.74, 6) is -1.41. The van der Waals surface area contributed by atoms with E-state index in [1.54, 1.807) is 10.9 Å². The predicted octanol–water partition coefficient (Wildman–Crippen LogP) is 3.86. The Morgan fingerprint density at radius 3 is 2.70 bits per heavy atom. The summed E-state index contributed by atoms with van der Waals surface area (Å²) in [6.07, 6.45) is 2.53. The number of aryl methyl sites for hydroxylation is 1. The Bertz CT molecular complexity index is 678. The van der Waals surface area contributed by atoms with E-state index in [0.29, 0.717) is 29.9 Å². The molecule has 0 radical (unpaired) electrons. The minimum Gasteiger partial charge on any atom is -0.367 e. The van der Waals surface area contributed by atoms with Gasteiger partial charge in [-0.05, 0) is 25.8 Å². The van der Waals surface area contributed by atoms with E-state index < -0.39 is 5.92 Å². The fraction of sp³-hybridized carbons (Fsp3) is 0.533. The van der Waals surface area contributed by atoms with Gasteiger partial charge in [-0.3, -0.25) is 0 Å². The zero-order chi connectivity index (χ0) is 16.4. The Kier molecular flexibility index (Phi) is 4.61. The lowest BCUT2D eigenvalue weighted by Crippen LogP contribution is -2.32. The minimum absolute atomic E-state index is 0.0138. The van der Waals surface area contributed by atoms with Crippen LogP contribution in [0, 0.1) is 6.92 Å². The molecule has 23 heavy (non-hydrogen) atoms. The molecular weight excluding hydrogens is 368 g/mol. The van der Waals surface area contributed by atoms with Gasteiger partial charge in [0.15, 0.2) is 0 Å². The molecule has 0 aromatic carbocycles. The molecule has 2 heterocycles. The summed E-state index contributed by atoms with van der Waals surface area (Å²) >= 11 is 3.40. The van der Waals surface area contributed by atoms with Crippen LogP contribution in [0.4, 0.5) is 14.6 Å². The maximum Gasteiger partial charge on any atom is 0.252 e. The fourth-order valence-corrected chi connectivity index (χ4v) is 2.94. The standard InChI is InChI=1S/C15H18BrF2N5/c1-10-4-7-23(22-10)14-20-12(9-16)8-13(21-14)19-11-2-5-15(17,18)6-3-11/h4,7-8,11H,2-3,5-6,9H2,1H3,(H,19,20,21). The highest BCUT2D eigenvalue weighted by atomic mass is 79.9. The average molecular weight is 386 g/mol. The summed E-state index contributed by atoms with van der Waals surface area (Å²) in [6.45, 7) is 1.90. The number of alkyl halides is 3. The van der Waals surface area contributed by atoms with Gasteiger partial charge in [-0.15, -0.1) is 0 Å². The molecular formula is C15H18BrF2N5. The number of aromatic nitrogens is 4. The van der Waals surface area contributed by atoms with Gasteiger partial charge in [-0.1, -0.05) is 15.9 Å². The van der Waals surface area contributed by atoms with Crippen LogP contribution in [0.1, 0.15) is 37.1 Å². The lowest BCUT2D eigenvalue weighted by molar-refractivity contribution is -0.0361. The van der Waals surface area contributed by atoms with Gasteiger partial charge in [-0.25, -0.2) is 18.4 Å². The Balaban J connectivity index is 1.79. The molecule has 0 bridgehead atoms. The van der Waals surface area contributed by atoms with Crippen LogP contribution in [-0.4, -0.2) is 31.7 Å². The van der Waals surface area contributed by atoms with E-state index in [-0.39, 0.29) is 18.9 Å². The summed E-state index contributed by atoms with van der Waals surface area (Å²) in [5.41, 5.74) is 1.69. The van der Waals surface area contributed by atoms with Crippen molar-refractivity contribution in [1.29, 1.82) is 0 Å². The first-order chi connectivity index (χ1) is 10.9. The minimum atomic E-state index is -2.53. The van der Waals surface area contributed by atoms with Gasteiger partial charge in [0.2, 0.25) is 5.92 Å². The summed E-state index contributed by atoms with van der Waals surface area (Å²) in [6, 6.07) is 3.72. The monoisotopic (exact) mass is 385 g/mol. The number of rotatable bonds is 4. The molecule has 2 aromatic heterocycles. The van der Waals surface area contributed by atoms with Gasteiger partial charge in [0.1, 0.15) is 5.82 Å². The zero-order valence-corrected chi connectivity index (χ0v) is 14.4. The Morgan fingerprint density at radius 1 is 1.35 bits per heavy atom. The van der Waals surface area contributed by atoms with Gasteiger partial charge in [0.05, 0.1) is 11.4 Å². The number of nitrogens with one attached hydrogen (secondary N) is 1.